The highest BCUT2D eigenvalue weighted by molar-refractivity contribution is 5.89. The van der Waals surface area contributed by atoms with Crippen molar-refractivity contribution < 1.29 is 9.59 Å². The Morgan fingerprint density at radius 1 is 1.44 bits per heavy atom. The molecule has 0 N–H and O–H groups in total. The van der Waals surface area contributed by atoms with Crippen molar-refractivity contribution in [2.45, 2.75) is 53.0 Å². The smallest absolute Gasteiger partial charge is 0.227 e. The fraction of sp³-hybridized carbons (Fsp3) is 0.857. The maximum absolute atomic E-state index is 12.3. The average Bonchev–Trinajstić information content (AvgIpc) is 2.72. The molecule has 0 bridgehead atoms. The zero-order chi connectivity index (χ0) is 13.7. The van der Waals surface area contributed by atoms with Gasteiger partial charge in [-0.3, -0.25) is 9.59 Å². The summed E-state index contributed by atoms with van der Waals surface area (Å²) in [4.78, 5) is 27.9. The third-order valence-corrected chi connectivity index (χ3v) is 3.61. The molecule has 104 valence electrons. The zero-order valence-electron chi connectivity index (χ0n) is 12.1. The van der Waals surface area contributed by atoms with E-state index in [-0.39, 0.29) is 23.8 Å². The van der Waals surface area contributed by atoms with Crippen LogP contribution in [0.1, 0.15) is 47.0 Å². The van der Waals surface area contributed by atoms with E-state index in [1.807, 2.05) is 30.6 Å². The van der Waals surface area contributed by atoms with Crippen LogP contribution in [0, 0.1) is 5.92 Å². The Morgan fingerprint density at radius 3 is 2.56 bits per heavy atom. The topological polar surface area (TPSA) is 40.6 Å². The molecule has 1 unspecified atom stereocenters. The minimum absolute atomic E-state index is 0.120. The van der Waals surface area contributed by atoms with Crippen LogP contribution >= 0.6 is 0 Å². The molecule has 0 aromatic carbocycles. The van der Waals surface area contributed by atoms with Crippen LogP contribution in [0.2, 0.25) is 0 Å². The molecule has 1 aliphatic heterocycles. The monoisotopic (exact) mass is 254 g/mol. The molecule has 0 spiro atoms. The maximum Gasteiger partial charge on any atom is 0.227 e. The van der Waals surface area contributed by atoms with Gasteiger partial charge in [0.05, 0.1) is 5.92 Å². The summed E-state index contributed by atoms with van der Waals surface area (Å²) in [6.07, 6.45) is 2.51. The van der Waals surface area contributed by atoms with Gasteiger partial charge in [0.25, 0.3) is 0 Å². The quantitative estimate of drug-likeness (QED) is 0.726. The molecule has 0 aromatic rings. The Kier molecular flexibility index (Phi) is 5.63. The molecule has 0 radical (unpaired) electrons. The van der Waals surface area contributed by atoms with Crippen molar-refractivity contribution >= 4 is 11.8 Å². The van der Waals surface area contributed by atoms with Gasteiger partial charge < -0.3 is 9.80 Å². The van der Waals surface area contributed by atoms with Crippen LogP contribution in [0.15, 0.2) is 0 Å². The summed E-state index contributed by atoms with van der Waals surface area (Å²) in [6.45, 7) is 10.3. The van der Waals surface area contributed by atoms with Crippen LogP contribution in [0.3, 0.4) is 0 Å². The van der Waals surface area contributed by atoms with Crippen molar-refractivity contribution in [3.63, 3.8) is 0 Å². The first-order valence-corrected chi connectivity index (χ1v) is 7.09. The normalized spacial score (nSPS) is 19.7. The summed E-state index contributed by atoms with van der Waals surface area (Å²) < 4.78 is 0. The fourth-order valence-electron chi connectivity index (χ4n) is 2.43. The lowest BCUT2D eigenvalue weighted by Crippen LogP contribution is -2.38. The standard InChI is InChI=1S/C14H26N2O2/c1-5-7-8-15(6-2)14(18)12-9-13(17)16(10-12)11(3)4/h11-12H,5-10H2,1-4H3. The second-order valence-corrected chi connectivity index (χ2v) is 5.31. The van der Waals surface area contributed by atoms with E-state index in [1.54, 1.807) is 0 Å². The maximum atomic E-state index is 12.3. The molecule has 0 saturated carbocycles. The van der Waals surface area contributed by atoms with E-state index in [0.717, 1.165) is 25.9 Å². The third-order valence-electron chi connectivity index (χ3n) is 3.61. The van der Waals surface area contributed by atoms with E-state index < -0.39 is 0 Å². The van der Waals surface area contributed by atoms with Gasteiger partial charge in [-0.1, -0.05) is 13.3 Å². The van der Waals surface area contributed by atoms with Gasteiger partial charge in [0, 0.05) is 32.1 Å². The minimum Gasteiger partial charge on any atom is -0.343 e. The lowest BCUT2D eigenvalue weighted by molar-refractivity contribution is -0.135. The second-order valence-electron chi connectivity index (χ2n) is 5.31. The van der Waals surface area contributed by atoms with Crippen LogP contribution in [0.5, 0.6) is 0 Å². The Balaban J connectivity index is 2.59. The number of hydrogen-bond acceptors (Lipinski definition) is 2. The molecular formula is C14H26N2O2. The lowest BCUT2D eigenvalue weighted by atomic mass is 10.1. The van der Waals surface area contributed by atoms with Gasteiger partial charge in [-0.2, -0.15) is 0 Å². The van der Waals surface area contributed by atoms with E-state index in [1.165, 1.54) is 0 Å². The van der Waals surface area contributed by atoms with E-state index >= 15 is 0 Å². The SMILES string of the molecule is CCCCN(CC)C(=O)C1CC(=O)N(C(C)C)C1. The van der Waals surface area contributed by atoms with Crippen molar-refractivity contribution in [2.75, 3.05) is 19.6 Å². The number of likely N-dealkylation sites (tertiary alicyclic amines) is 1. The molecule has 1 aliphatic rings. The predicted octanol–water partition coefficient (Wildman–Crippen LogP) is 1.89. The Hall–Kier alpha value is -1.06. The van der Waals surface area contributed by atoms with E-state index in [9.17, 15) is 9.59 Å². The molecule has 1 rings (SSSR count). The number of nitrogens with zero attached hydrogens (tertiary/aromatic N) is 2. The van der Waals surface area contributed by atoms with Crippen molar-refractivity contribution in [3.05, 3.63) is 0 Å². The van der Waals surface area contributed by atoms with Crippen LogP contribution in [0.25, 0.3) is 0 Å². The number of unbranched alkanes of at least 4 members (excludes halogenated alkanes) is 1. The largest absolute Gasteiger partial charge is 0.343 e. The van der Waals surface area contributed by atoms with Crippen LogP contribution in [0.4, 0.5) is 0 Å². The molecular weight excluding hydrogens is 228 g/mol. The first kappa shape index (κ1) is 15.0. The van der Waals surface area contributed by atoms with Crippen molar-refractivity contribution in [2.24, 2.45) is 5.92 Å². The van der Waals surface area contributed by atoms with Gasteiger partial charge in [0.1, 0.15) is 0 Å². The summed E-state index contributed by atoms with van der Waals surface area (Å²) >= 11 is 0. The molecule has 1 fully saturated rings. The van der Waals surface area contributed by atoms with Gasteiger partial charge >= 0.3 is 0 Å². The van der Waals surface area contributed by atoms with Crippen molar-refractivity contribution in [1.29, 1.82) is 0 Å². The molecule has 1 saturated heterocycles. The molecule has 1 atom stereocenters. The molecule has 1 heterocycles. The zero-order valence-corrected chi connectivity index (χ0v) is 12.1. The van der Waals surface area contributed by atoms with Crippen LogP contribution in [-0.2, 0) is 9.59 Å². The molecule has 18 heavy (non-hydrogen) atoms. The average molecular weight is 254 g/mol. The van der Waals surface area contributed by atoms with Gasteiger partial charge in [-0.05, 0) is 27.2 Å². The van der Waals surface area contributed by atoms with E-state index in [2.05, 4.69) is 6.92 Å². The van der Waals surface area contributed by atoms with E-state index in [4.69, 9.17) is 0 Å². The Morgan fingerprint density at radius 2 is 2.11 bits per heavy atom. The summed E-state index contributed by atoms with van der Waals surface area (Å²) in [6, 6.07) is 0.195. The molecule has 0 aromatic heterocycles. The highest BCUT2D eigenvalue weighted by atomic mass is 16.2. The highest BCUT2D eigenvalue weighted by Gasteiger charge is 2.36. The summed E-state index contributed by atoms with van der Waals surface area (Å²) in [5.41, 5.74) is 0. The first-order chi connectivity index (χ1) is 8.51. The number of amides is 2. The second kappa shape index (κ2) is 6.76. The summed E-state index contributed by atoms with van der Waals surface area (Å²) in [5, 5.41) is 0. The van der Waals surface area contributed by atoms with Gasteiger partial charge in [0.2, 0.25) is 11.8 Å². The van der Waals surface area contributed by atoms with Gasteiger partial charge in [-0.15, -0.1) is 0 Å². The number of carbonyl (C=O) groups excluding carboxylic acids is 2. The Labute approximate surface area is 110 Å². The van der Waals surface area contributed by atoms with Gasteiger partial charge in [0.15, 0.2) is 0 Å². The fourth-order valence-corrected chi connectivity index (χ4v) is 2.43. The lowest BCUT2D eigenvalue weighted by Gasteiger charge is -2.25. The van der Waals surface area contributed by atoms with Crippen LogP contribution < -0.4 is 0 Å². The number of hydrogen-bond donors (Lipinski definition) is 0. The summed E-state index contributed by atoms with van der Waals surface area (Å²) in [5.74, 6) is 0.147. The van der Waals surface area contributed by atoms with Gasteiger partial charge in [-0.25, -0.2) is 0 Å². The number of rotatable bonds is 6. The van der Waals surface area contributed by atoms with E-state index in [0.29, 0.717) is 13.0 Å². The minimum atomic E-state index is -0.128. The highest BCUT2D eigenvalue weighted by Crippen LogP contribution is 2.22. The molecule has 4 nitrogen and oxygen atoms in total. The summed E-state index contributed by atoms with van der Waals surface area (Å²) in [7, 11) is 0. The van der Waals surface area contributed by atoms with Crippen molar-refractivity contribution in [1.82, 2.24) is 9.80 Å². The first-order valence-electron chi connectivity index (χ1n) is 7.09. The molecule has 2 amide bonds. The number of carbonyl (C=O) groups is 2. The van der Waals surface area contributed by atoms with Crippen LogP contribution in [-0.4, -0.2) is 47.3 Å². The molecule has 4 heteroatoms. The molecule has 0 aliphatic carbocycles. The van der Waals surface area contributed by atoms with Crippen molar-refractivity contribution in [3.8, 4) is 0 Å². The Bertz CT molecular complexity index is 302. The third kappa shape index (κ3) is 3.47. The predicted molar refractivity (Wildman–Crippen MR) is 72.1 cm³/mol.